The fourth-order valence-corrected chi connectivity index (χ4v) is 1.58. The Kier molecular flexibility index (Phi) is 7.62. The highest BCUT2D eigenvalue weighted by molar-refractivity contribution is 5.78. The predicted molar refractivity (Wildman–Crippen MR) is 74.2 cm³/mol. The van der Waals surface area contributed by atoms with Crippen LogP contribution in [-0.2, 0) is 16.0 Å². The molecule has 0 aliphatic rings. The Morgan fingerprint density at radius 3 is 2.63 bits per heavy atom. The molecule has 1 aromatic carbocycles. The van der Waals surface area contributed by atoms with Crippen LogP contribution >= 0.6 is 0 Å². The molecule has 1 amide bonds. The molecule has 5 nitrogen and oxygen atoms in total. The third kappa shape index (κ3) is 6.79. The minimum atomic E-state index is 0.0176. The smallest absolute Gasteiger partial charge is 0.224 e. The first-order chi connectivity index (χ1) is 9.26. The molecule has 0 fully saturated rings. The molecule has 3 N–H and O–H groups in total. The molecule has 1 aromatic rings. The second-order valence-corrected chi connectivity index (χ2v) is 4.13. The van der Waals surface area contributed by atoms with Crippen LogP contribution in [0, 0.1) is 0 Å². The minimum Gasteiger partial charge on any atom is -0.497 e. The molecule has 0 unspecified atom stereocenters. The van der Waals surface area contributed by atoms with Gasteiger partial charge in [-0.25, -0.2) is 0 Å². The molecule has 0 heterocycles. The lowest BCUT2D eigenvalue weighted by Crippen LogP contribution is -2.27. The average Bonchev–Trinajstić information content (AvgIpc) is 2.43. The highest BCUT2D eigenvalue weighted by Crippen LogP contribution is 2.11. The highest BCUT2D eigenvalue weighted by Gasteiger charge is 2.02. The van der Waals surface area contributed by atoms with Gasteiger partial charge in [0.15, 0.2) is 0 Å². The van der Waals surface area contributed by atoms with Crippen molar-refractivity contribution in [3.05, 3.63) is 29.8 Å². The van der Waals surface area contributed by atoms with Gasteiger partial charge in [0.1, 0.15) is 5.75 Å². The molecule has 0 aliphatic heterocycles. The van der Waals surface area contributed by atoms with Gasteiger partial charge in [-0.1, -0.05) is 12.1 Å². The number of hydrogen-bond acceptors (Lipinski definition) is 4. The van der Waals surface area contributed by atoms with E-state index in [1.807, 2.05) is 24.3 Å². The van der Waals surface area contributed by atoms with Crippen molar-refractivity contribution in [2.24, 2.45) is 5.73 Å². The Hall–Kier alpha value is -1.59. The van der Waals surface area contributed by atoms with Gasteiger partial charge in [-0.05, 0) is 24.1 Å². The summed E-state index contributed by atoms with van der Waals surface area (Å²) in [4.78, 5) is 11.7. The molecule has 0 aliphatic carbocycles. The number of benzene rings is 1. The lowest BCUT2D eigenvalue weighted by atomic mass is 10.1. The van der Waals surface area contributed by atoms with Crippen molar-refractivity contribution in [1.29, 1.82) is 0 Å². The van der Waals surface area contributed by atoms with E-state index in [4.69, 9.17) is 15.2 Å². The van der Waals surface area contributed by atoms with Crippen LogP contribution in [0.25, 0.3) is 0 Å². The number of ether oxygens (including phenoxy) is 2. The zero-order valence-corrected chi connectivity index (χ0v) is 11.4. The maximum atomic E-state index is 11.7. The quantitative estimate of drug-likeness (QED) is 0.646. The third-order valence-corrected chi connectivity index (χ3v) is 2.57. The first-order valence-electron chi connectivity index (χ1n) is 6.43. The van der Waals surface area contributed by atoms with Crippen molar-refractivity contribution in [2.45, 2.75) is 12.8 Å². The van der Waals surface area contributed by atoms with Crippen molar-refractivity contribution >= 4 is 5.91 Å². The Morgan fingerprint density at radius 2 is 2.00 bits per heavy atom. The van der Waals surface area contributed by atoms with Gasteiger partial charge >= 0.3 is 0 Å². The number of nitrogens with one attached hydrogen (secondary N) is 1. The fourth-order valence-electron chi connectivity index (χ4n) is 1.58. The summed E-state index contributed by atoms with van der Waals surface area (Å²) in [5.74, 6) is 0.810. The zero-order valence-electron chi connectivity index (χ0n) is 11.4. The number of carbonyl (C=O) groups excluding carboxylic acids is 1. The van der Waals surface area contributed by atoms with Gasteiger partial charge in [0.2, 0.25) is 5.91 Å². The number of carbonyl (C=O) groups is 1. The summed E-state index contributed by atoms with van der Waals surface area (Å²) in [5.41, 5.74) is 6.26. The molecule has 0 radical (unpaired) electrons. The first kappa shape index (κ1) is 15.5. The zero-order chi connectivity index (χ0) is 13.9. The lowest BCUT2D eigenvalue weighted by Gasteiger charge is -2.06. The largest absolute Gasteiger partial charge is 0.497 e. The molecule has 19 heavy (non-hydrogen) atoms. The lowest BCUT2D eigenvalue weighted by molar-refractivity contribution is -0.120. The van der Waals surface area contributed by atoms with Gasteiger partial charge in [-0.3, -0.25) is 4.79 Å². The Labute approximate surface area is 114 Å². The maximum absolute atomic E-state index is 11.7. The summed E-state index contributed by atoms with van der Waals surface area (Å²) in [5, 5.41) is 2.86. The predicted octanol–water partition coefficient (Wildman–Crippen LogP) is 0.719. The van der Waals surface area contributed by atoms with Gasteiger partial charge in [0.05, 0.1) is 20.1 Å². The van der Waals surface area contributed by atoms with Gasteiger partial charge in [0, 0.05) is 19.7 Å². The van der Waals surface area contributed by atoms with Crippen LogP contribution in [0.2, 0.25) is 0 Å². The van der Waals surface area contributed by atoms with E-state index < -0.39 is 0 Å². The fraction of sp³-hybridized carbons (Fsp3) is 0.500. The number of hydrogen-bond donors (Lipinski definition) is 2. The summed E-state index contributed by atoms with van der Waals surface area (Å²) < 4.78 is 10.3. The van der Waals surface area contributed by atoms with E-state index in [9.17, 15) is 4.79 Å². The van der Waals surface area contributed by atoms with Crippen molar-refractivity contribution in [1.82, 2.24) is 5.32 Å². The molecular weight excluding hydrogens is 244 g/mol. The Balaban J connectivity index is 2.16. The first-order valence-corrected chi connectivity index (χ1v) is 6.43. The van der Waals surface area contributed by atoms with Crippen LogP contribution < -0.4 is 15.8 Å². The van der Waals surface area contributed by atoms with Crippen LogP contribution in [0.4, 0.5) is 0 Å². The van der Waals surface area contributed by atoms with Crippen LogP contribution in [0.5, 0.6) is 5.75 Å². The topological polar surface area (TPSA) is 73.6 Å². The third-order valence-electron chi connectivity index (χ3n) is 2.57. The summed E-state index contributed by atoms with van der Waals surface area (Å²) in [6, 6.07) is 7.48. The summed E-state index contributed by atoms with van der Waals surface area (Å²) in [7, 11) is 1.62. The van der Waals surface area contributed by atoms with Gasteiger partial charge in [-0.2, -0.15) is 0 Å². The molecule has 0 bridgehead atoms. The molecule has 0 saturated heterocycles. The summed E-state index contributed by atoms with van der Waals surface area (Å²) in [6.45, 7) is 2.35. The molecular formula is C14H22N2O3. The van der Waals surface area contributed by atoms with E-state index in [2.05, 4.69) is 5.32 Å². The number of nitrogens with two attached hydrogens (primary N) is 1. The van der Waals surface area contributed by atoms with Crippen LogP contribution in [0.15, 0.2) is 24.3 Å². The molecule has 1 rings (SSSR count). The second-order valence-electron chi connectivity index (χ2n) is 4.13. The molecule has 0 atom stereocenters. The molecule has 5 heteroatoms. The maximum Gasteiger partial charge on any atom is 0.224 e. The number of amides is 1. The van der Waals surface area contributed by atoms with E-state index in [0.29, 0.717) is 32.7 Å². The normalized spacial score (nSPS) is 10.2. The standard InChI is InChI=1S/C14H22N2O3/c1-18-13-5-3-12(4-6-13)11-14(17)16-8-2-9-19-10-7-15/h3-6H,2,7-11,15H2,1H3,(H,16,17). The van der Waals surface area contributed by atoms with E-state index in [1.165, 1.54) is 0 Å². The van der Waals surface area contributed by atoms with E-state index >= 15 is 0 Å². The van der Waals surface area contributed by atoms with Gasteiger partial charge < -0.3 is 20.5 Å². The van der Waals surface area contributed by atoms with E-state index in [-0.39, 0.29) is 5.91 Å². The van der Waals surface area contributed by atoms with Gasteiger partial charge in [-0.15, -0.1) is 0 Å². The Bertz CT molecular complexity index is 365. The van der Waals surface area contributed by atoms with E-state index in [1.54, 1.807) is 7.11 Å². The van der Waals surface area contributed by atoms with Crippen molar-refractivity contribution in [3.8, 4) is 5.75 Å². The van der Waals surface area contributed by atoms with Gasteiger partial charge in [0.25, 0.3) is 0 Å². The van der Waals surface area contributed by atoms with Crippen molar-refractivity contribution in [3.63, 3.8) is 0 Å². The molecule has 0 saturated carbocycles. The number of methoxy groups -OCH3 is 1. The van der Waals surface area contributed by atoms with Crippen molar-refractivity contribution in [2.75, 3.05) is 33.4 Å². The van der Waals surface area contributed by atoms with Crippen LogP contribution in [-0.4, -0.2) is 39.3 Å². The average molecular weight is 266 g/mol. The Morgan fingerprint density at radius 1 is 1.26 bits per heavy atom. The monoisotopic (exact) mass is 266 g/mol. The summed E-state index contributed by atoms with van der Waals surface area (Å²) in [6.07, 6.45) is 1.18. The highest BCUT2D eigenvalue weighted by atomic mass is 16.5. The minimum absolute atomic E-state index is 0.0176. The molecule has 0 aromatic heterocycles. The van der Waals surface area contributed by atoms with E-state index in [0.717, 1.165) is 17.7 Å². The van der Waals surface area contributed by atoms with Crippen LogP contribution in [0.1, 0.15) is 12.0 Å². The van der Waals surface area contributed by atoms with Crippen molar-refractivity contribution < 1.29 is 14.3 Å². The molecule has 106 valence electrons. The molecule has 0 spiro atoms. The van der Waals surface area contributed by atoms with Crippen LogP contribution in [0.3, 0.4) is 0 Å². The second kappa shape index (κ2) is 9.35. The number of rotatable bonds is 9. The SMILES string of the molecule is COc1ccc(CC(=O)NCCCOCCN)cc1. The summed E-state index contributed by atoms with van der Waals surface area (Å²) >= 11 is 0.